The van der Waals surface area contributed by atoms with Crippen LogP contribution in [0.4, 0.5) is 5.69 Å². The summed E-state index contributed by atoms with van der Waals surface area (Å²) in [4.78, 5) is 5.77. The average Bonchev–Trinajstić information content (AvgIpc) is 2.22. The number of guanidine groups is 1. The molecule has 0 aliphatic heterocycles. The SMILES string of the molecule is NC(N)=[NH+]c1ccc(O)c2[nH+]cccc12.[Cl-].[Cl-]. The number of nitrogens with two attached hydrogens (primary N) is 2. The second-order valence-electron chi connectivity index (χ2n) is 3.17. The molecule has 0 saturated heterocycles. The third-order valence-electron chi connectivity index (χ3n) is 2.09. The molecule has 0 unspecified atom stereocenters. The number of phenols is 1. The first kappa shape index (κ1) is 15.3. The number of H-pyrrole nitrogens is 1. The summed E-state index contributed by atoms with van der Waals surface area (Å²) in [5.74, 6) is 0.303. The third kappa shape index (κ3) is 3.12. The molecule has 0 radical (unpaired) electrons. The van der Waals surface area contributed by atoms with Crippen LogP contribution in [0.2, 0.25) is 0 Å². The number of aromatic nitrogens is 1. The Morgan fingerprint density at radius 2 is 1.88 bits per heavy atom. The maximum absolute atomic E-state index is 9.60. The summed E-state index contributed by atoms with van der Waals surface area (Å²) in [6.45, 7) is 0. The van der Waals surface area contributed by atoms with Gasteiger partial charge in [-0.3, -0.25) is 11.5 Å². The predicted molar refractivity (Wildman–Crippen MR) is 56.2 cm³/mol. The highest BCUT2D eigenvalue weighted by Gasteiger charge is 2.10. The van der Waals surface area contributed by atoms with E-state index in [1.165, 1.54) is 0 Å². The number of benzene rings is 1. The highest BCUT2D eigenvalue weighted by Crippen LogP contribution is 2.23. The van der Waals surface area contributed by atoms with Crippen LogP contribution in [0.15, 0.2) is 30.5 Å². The van der Waals surface area contributed by atoms with Crippen molar-refractivity contribution >= 4 is 22.5 Å². The van der Waals surface area contributed by atoms with E-state index in [2.05, 4.69) is 9.98 Å². The number of phenolic OH excluding ortho intramolecular Hbond substituents is 1. The van der Waals surface area contributed by atoms with Crippen LogP contribution in [0.1, 0.15) is 0 Å². The molecule has 2 aromatic rings. The van der Waals surface area contributed by atoms with Crippen molar-refractivity contribution in [2.24, 2.45) is 11.5 Å². The zero-order valence-corrected chi connectivity index (χ0v) is 10.3. The lowest BCUT2D eigenvalue weighted by Crippen LogP contribution is -3.00. The number of hydrogen-bond acceptors (Lipinski definition) is 1. The van der Waals surface area contributed by atoms with Gasteiger partial charge in [0.2, 0.25) is 0 Å². The van der Waals surface area contributed by atoms with Crippen molar-refractivity contribution in [1.29, 1.82) is 0 Å². The fourth-order valence-corrected chi connectivity index (χ4v) is 1.47. The summed E-state index contributed by atoms with van der Waals surface area (Å²) in [6, 6.07) is 6.98. The maximum atomic E-state index is 9.60. The highest BCUT2D eigenvalue weighted by atomic mass is 35.5. The zero-order chi connectivity index (χ0) is 10.8. The van der Waals surface area contributed by atoms with Gasteiger partial charge in [0.25, 0.3) is 5.52 Å². The minimum absolute atomic E-state index is 0. The molecule has 7 heteroatoms. The van der Waals surface area contributed by atoms with E-state index in [1.807, 2.05) is 12.1 Å². The number of rotatable bonds is 1. The van der Waals surface area contributed by atoms with Gasteiger partial charge in [-0.05, 0) is 18.2 Å². The molecule has 1 aromatic carbocycles. The molecular formula is C10H12Cl2N4O. The Morgan fingerprint density at radius 3 is 2.53 bits per heavy atom. The molecule has 0 aliphatic carbocycles. The second kappa shape index (κ2) is 6.12. The molecule has 1 heterocycles. The highest BCUT2D eigenvalue weighted by molar-refractivity contribution is 5.90. The van der Waals surface area contributed by atoms with Crippen LogP contribution in [0.25, 0.3) is 10.9 Å². The first-order valence-corrected chi connectivity index (χ1v) is 4.46. The summed E-state index contributed by atoms with van der Waals surface area (Å²) in [5.41, 5.74) is 12.1. The number of nitrogens with one attached hydrogen (secondary N) is 2. The summed E-state index contributed by atoms with van der Waals surface area (Å²) in [7, 11) is 0. The molecule has 17 heavy (non-hydrogen) atoms. The van der Waals surface area contributed by atoms with Crippen LogP contribution in [-0.4, -0.2) is 11.1 Å². The molecule has 92 valence electrons. The number of fused-ring (bicyclic) bond motifs is 1. The van der Waals surface area contributed by atoms with Crippen molar-refractivity contribution in [1.82, 2.24) is 0 Å². The van der Waals surface area contributed by atoms with E-state index in [0.717, 1.165) is 11.1 Å². The van der Waals surface area contributed by atoms with Crippen molar-refractivity contribution in [2.45, 2.75) is 0 Å². The monoisotopic (exact) mass is 274 g/mol. The van der Waals surface area contributed by atoms with Crippen molar-refractivity contribution in [3.05, 3.63) is 30.5 Å². The van der Waals surface area contributed by atoms with Crippen LogP contribution >= 0.6 is 0 Å². The third-order valence-corrected chi connectivity index (χ3v) is 2.09. The Labute approximate surface area is 110 Å². The normalized spacial score (nSPS) is 8.94. The van der Waals surface area contributed by atoms with Crippen LogP contribution < -0.4 is 46.3 Å². The van der Waals surface area contributed by atoms with Gasteiger partial charge in [0, 0.05) is 6.07 Å². The molecule has 0 bridgehead atoms. The van der Waals surface area contributed by atoms with Gasteiger partial charge in [-0.15, -0.1) is 0 Å². The van der Waals surface area contributed by atoms with Crippen LogP contribution in [-0.2, 0) is 0 Å². The average molecular weight is 275 g/mol. The van der Waals surface area contributed by atoms with Gasteiger partial charge in [-0.2, -0.15) is 0 Å². The van der Waals surface area contributed by atoms with E-state index >= 15 is 0 Å². The Hall–Kier alpha value is -1.72. The van der Waals surface area contributed by atoms with Crippen molar-refractivity contribution in [3.63, 3.8) is 0 Å². The van der Waals surface area contributed by atoms with Gasteiger partial charge in [0.1, 0.15) is 5.69 Å². The van der Waals surface area contributed by atoms with Crippen LogP contribution in [0.3, 0.4) is 0 Å². The van der Waals surface area contributed by atoms with Crippen molar-refractivity contribution in [3.8, 4) is 5.75 Å². The van der Waals surface area contributed by atoms with Gasteiger partial charge in [0.15, 0.2) is 11.9 Å². The van der Waals surface area contributed by atoms with Gasteiger partial charge in [-0.1, -0.05) is 0 Å². The maximum Gasteiger partial charge on any atom is 0.343 e. The summed E-state index contributed by atoms with van der Waals surface area (Å²) in [6.07, 6.45) is 1.74. The van der Waals surface area contributed by atoms with Crippen LogP contribution in [0, 0.1) is 0 Å². The van der Waals surface area contributed by atoms with Crippen molar-refractivity contribution < 1.29 is 39.9 Å². The summed E-state index contributed by atoms with van der Waals surface area (Å²) in [5, 5.41) is 10.4. The lowest BCUT2D eigenvalue weighted by atomic mass is 10.1. The van der Waals surface area contributed by atoms with E-state index in [9.17, 15) is 5.11 Å². The Balaban J connectivity index is 0.00000128. The molecule has 1 aromatic heterocycles. The Kier molecular flexibility index (Phi) is 5.50. The topological polar surface area (TPSA) is 100 Å². The molecule has 0 fully saturated rings. The van der Waals surface area contributed by atoms with Crippen molar-refractivity contribution in [2.75, 3.05) is 0 Å². The fourth-order valence-electron chi connectivity index (χ4n) is 1.47. The molecule has 0 saturated carbocycles. The standard InChI is InChI=1S/C10H10N4O.2ClH/c11-10(12)14-7-3-4-8(15)9-6(7)2-1-5-13-9;;/h1-5,15H,(H4,11,12,14);2*1H. The number of aromatic hydroxyl groups is 1. The molecule has 0 spiro atoms. The number of hydrogen-bond donors (Lipinski definition) is 4. The molecule has 5 nitrogen and oxygen atoms in total. The number of halogens is 2. The largest absolute Gasteiger partial charge is 1.00 e. The molecule has 0 amide bonds. The first-order chi connectivity index (χ1) is 7.18. The first-order valence-electron chi connectivity index (χ1n) is 4.46. The predicted octanol–water partition coefficient (Wildman–Crippen LogP) is -7.65. The van der Waals surface area contributed by atoms with E-state index in [0.29, 0.717) is 5.52 Å². The smallest absolute Gasteiger partial charge is 0.343 e. The van der Waals surface area contributed by atoms with E-state index in [1.54, 1.807) is 18.3 Å². The minimum Gasteiger partial charge on any atom is -1.00 e. The molecule has 0 aliphatic rings. The molecule has 7 N–H and O–H groups in total. The van der Waals surface area contributed by atoms with E-state index < -0.39 is 0 Å². The van der Waals surface area contributed by atoms with Gasteiger partial charge < -0.3 is 29.9 Å². The summed E-state index contributed by atoms with van der Waals surface area (Å²) >= 11 is 0. The van der Waals surface area contributed by atoms with E-state index in [4.69, 9.17) is 11.5 Å². The quantitative estimate of drug-likeness (QED) is 0.236. The van der Waals surface area contributed by atoms with Gasteiger partial charge in [0.05, 0.1) is 5.39 Å². The molecule has 2 rings (SSSR count). The lowest BCUT2D eigenvalue weighted by molar-refractivity contribution is -0.357. The second-order valence-corrected chi connectivity index (χ2v) is 3.17. The number of aromatic amines is 1. The summed E-state index contributed by atoms with van der Waals surface area (Å²) < 4.78 is 0. The minimum atomic E-state index is 0. The van der Waals surface area contributed by atoms with Gasteiger partial charge in [-0.25, -0.2) is 9.98 Å². The zero-order valence-electron chi connectivity index (χ0n) is 8.74. The number of pyridine rings is 1. The van der Waals surface area contributed by atoms with Gasteiger partial charge >= 0.3 is 5.96 Å². The van der Waals surface area contributed by atoms with Crippen LogP contribution in [0.5, 0.6) is 5.75 Å². The lowest BCUT2D eigenvalue weighted by Gasteiger charge is -1.98. The molecular weight excluding hydrogens is 263 g/mol. The van der Waals surface area contributed by atoms with E-state index in [-0.39, 0.29) is 36.5 Å². The Bertz CT molecular complexity index is 541. The Morgan fingerprint density at radius 1 is 1.18 bits per heavy atom. The fraction of sp³-hybridized carbons (Fsp3) is 0. The molecule has 0 atom stereocenters.